The van der Waals surface area contributed by atoms with Crippen LogP contribution in [0.1, 0.15) is 0 Å². The molecule has 0 amide bonds. The average Bonchev–Trinajstić information content (AvgIpc) is 2.51. The molecule has 3 aliphatic heterocycles. The molecule has 126 valence electrons. The summed E-state index contributed by atoms with van der Waals surface area (Å²) < 4.78 is 15.3. The largest absolute Gasteiger partial charge is 0.379 e. The Morgan fingerprint density at radius 1 is 0.429 bits per heavy atom. The third-order valence-corrected chi connectivity index (χ3v) is 3.70. The molecule has 0 aromatic heterocycles. The van der Waals surface area contributed by atoms with Gasteiger partial charge in [-0.25, -0.2) is 0 Å². The van der Waals surface area contributed by atoms with Crippen LogP contribution < -0.4 is 0 Å². The smallest absolute Gasteiger partial charge is 0.0594 e. The van der Waals surface area contributed by atoms with Gasteiger partial charge in [-0.2, -0.15) is 0 Å². The van der Waals surface area contributed by atoms with Crippen LogP contribution in [0, 0.1) is 0 Å². The minimum absolute atomic E-state index is 0.913. The summed E-state index contributed by atoms with van der Waals surface area (Å²) in [5, 5.41) is 0. The van der Waals surface area contributed by atoms with E-state index in [-0.39, 0.29) is 0 Å². The van der Waals surface area contributed by atoms with E-state index in [1.807, 2.05) is 0 Å². The summed E-state index contributed by atoms with van der Waals surface area (Å²) in [5.41, 5.74) is 0. The second-order valence-corrected chi connectivity index (χ2v) is 5.75. The molecule has 3 heterocycles. The number of rotatable bonds is 0. The Morgan fingerprint density at radius 2 is 0.619 bits per heavy atom. The molecule has 3 aliphatic rings. The van der Waals surface area contributed by atoms with Gasteiger partial charge in [-0.1, -0.05) is 0 Å². The first-order valence-electron chi connectivity index (χ1n) is 7.97. The second-order valence-electron chi connectivity index (χ2n) is 5.75. The summed E-state index contributed by atoms with van der Waals surface area (Å²) in [6, 6.07) is 0. The number of nitrogens with zero attached hydrogens (tertiary/aromatic N) is 3. The summed E-state index contributed by atoms with van der Waals surface area (Å²) >= 11 is 0. The van der Waals surface area contributed by atoms with E-state index < -0.39 is 0 Å². The summed E-state index contributed by atoms with van der Waals surface area (Å²) in [7, 11) is 6.34. The van der Waals surface area contributed by atoms with Gasteiger partial charge in [0.15, 0.2) is 0 Å². The fourth-order valence-corrected chi connectivity index (χ4v) is 1.96. The van der Waals surface area contributed by atoms with E-state index in [0.29, 0.717) is 0 Å². The third kappa shape index (κ3) is 11.0. The van der Waals surface area contributed by atoms with E-state index in [1.54, 1.807) is 0 Å². The fourth-order valence-electron chi connectivity index (χ4n) is 1.96. The molecule has 3 rings (SSSR count). The van der Waals surface area contributed by atoms with Crippen LogP contribution in [0.3, 0.4) is 0 Å². The quantitative estimate of drug-likeness (QED) is 0.619. The van der Waals surface area contributed by atoms with Crippen LogP contribution in [0.5, 0.6) is 0 Å². The standard InChI is InChI=1S/3C5H11NO/c3*1-6-2-4-7-5-3-6/h3*2-5H2,1H3. The molecule has 0 aromatic carbocycles. The van der Waals surface area contributed by atoms with Crippen molar-refractivity contribution in [2.45, 2.75) is 0 Å². The van der Waals surface area contributed by atoms with Crippen LogP contribution in [0.25, 0.3) is 0 Å². The first kappa shape index (κ1) is 18.8. The van der Waals surface area contributed by atoms with Crippen molar-refractivity contribution in [3.8, 4) is 0 Å². The van der Waals surface area contributed by atoms with Gasteiger partial charge in [-0.15, -0.1) is 0 Å². The molecule has 6 heteroatoms. The lowest BCUT2D eigenvalue weighted by Crippen LogP contribution is -2.32. The molecule has 0 aliphatic carbocycles. The zero-order valence-corrected chi connectivity index (χ0v) is 14.1. The lowest BCUT2D eigenvalue weighted by molar-refractivity contribution is 0.0502. The van der Waals surface area contributed by atoms with Gasteiger partial charge in [-0.3, -0.25) is 0 Å². The Hall–Kier alpha value is -0.240. The number of morpholine rings is 3. The number of likely N-dealkylation sites (N-methyl/N-ethyl adjacent to an activating group) is 3. The van der Waals surface area contributed by atoms with E-state index in [0.717, 1.165) is 78.9 Å². The minimum atomic E-state index is 0.913. The molecule has 0 aromatic rings. The Bertz CT molecular complexity index is 188. The summed E-state index contributed by atoms with van der Waals surface area (Å²) in [4.78, 5) is 6.80. The van der Waals surface area contributed by atoms with Crippen molar-refractivity contribution in [2.24, 2.45) is 0 Å². The normalized spacial score (nSPS) is 25.3. The average molecular weight is 303 g/mol. The highest BCUT2D eigenvalue weighted by molar-refractivity contribution is 4.55. The number of hydrogen-bond donors (Lipinski definition) is 0. The maximum Gasteiger partial charge on any atom is 0.0594 e. The SMILES string of the molecule is CN1CCOCC1.CN1CCOCC1.CN1CCOCC1. The third-order valence-electron chi connectivity index (χ3n) is 3.70. The van der Waals surface area contributed by atoms with Crippen LogP contribution in [-0.4, -0.2) is 115 Å². The predicted molar refractivity (Wildman–Crippen MR) is 84.9 cm³/mol. The van der Waals surface area contributed by atoms with E-state index >= 15 is 0 Å². The molecular formula is C15H33N3O3. The zero-order chi connectivity index (χ0) is 15.3. The molecule has 0 unspecified atom stereocenters. The lowest BCUT2D eigenvalue weighted by Gasteiger charge is -2.21. The topological polar surface area (TPSA) is 37.4 Å². The molecular weight excluding hydrogens is 270 g/mol. The fraction of sp³-hybridized carbons (Fsp3) is 1.00. The molecule has 3 saturated heterocycles. The molecule has 0 atom stereocenters. The monoisotopic (exact) mass is 303 g/mol. The van der Waals surface area contributed by atoms with Gasteiger partial charge in [0.1, 0.15) is 0 Å². The number of ether oxygens (including phenoxy) is 3. The Balaban J connectivity index is 0.000000157. The van der Waals surface area contributed by atoms with Gasteiger partial charge in [0.05, 0.1) is 39.6 Å². The van der Waals surface area contributed by atoms with Crippen LogP contribution in [0.15, 0.2) is 0 Å². The highest BCUT2D eigenvalue weighted by Gasteiger charge is 2.03. The minimum Gasteiger partial charge on any atom is -0.379 e. The van der Waals surface area contributed by atoms with Gasteiger partial charge in [0.25, 0.3) is 0 Å². The van der Waals surface area contributed by atoms with Gasteiger partial charge in [0, 0.05) is 39.3 Å². The highest BCUT2D eigenvalue weighted by atomic mass is 16.5. The van der Waals surface area contributed by atoms with Crippen LogP contribution in [-0.2, 0) is 14.2 Å². The number of hydrogen-bond acceptors (Lipinski definition) is 6. The molecule has 0 saturated carbocycles. The van der Waals surface area contributed by atoms with Crippen molar-refractivity contribution < 1.29 is 14.2 Å². The molecule has 6 nitrogen and oxygen atoms in total. The zero-order valence-electron chi connectivity index (χ0n) is 14.1. The van der Waals surface area contributed by atoms with E-state index in [4.69, 9.17) is 14.2 Å². The molecule has 3 fully saturated rings. The Labute approximate surface area is 129 Å². The maximum absolute atomic E-state index is 5.10. The van der Waals surface area contributed by atoms with Gasteiger partial charge >= 0.3 is 0 Å². The van der Waals surface area contributed by atoms with Crippen LogP contribution >= 0.6 is 0 Å². The van der Waals surface area contributed by atoms with E-state index in [1.165, 1.54) is 0 Å². The van der Waals surface area contributed by atoms with Crippen molar-refractivity contribution in [3.05, 3.63) is 0 Å². The summed E-state index contributed by atoms with van der Waals surface area (Å²) in [6.45, 7) is 12.1. The van der Waals surface area contributed by atoms with Crippen molar-refractivity contribution in [2.75, 3.05) is 100 Å². The summed E-state index contributed by atoms with van der Waals surface area (Å²) in [5.74, 6) is 0. The van der Waals surface area contributed by atoms with Crippen molar-refractivity contribution in [1.82, 2.24) is 14.7 Å². The lowest BCUT2D eigenvalue weighted by atomic mass is 10.5. The first-order valence-corrected chi connectivity index (χ1v) is 7.97. The second kappa shape index (κ2) is 12.3. The molecule has 0 radical (unpaired) electrons. The summed E-state index contributed by atoms with van der Waals surface area (Å²) in [6.07, 6.45) is 0. The predicted octanol–water partition coefficient (Wildman–Crippen LogP) is -0.155. The van der Waals surface area contributed by atoms with Crippen molar-refractivity contribution >= 4 is 0 Å². The maximum atomic E-state index is 5.10. The highest BCUT2D eigenvalue weighted by Crippen LogP contribution is 1.91. The van der Waals surface area contributed by atoms with Crippen LogP contribution in [0.4, 0.5) is 0 Å². The van der Waals surface area contributed by atoms with Gasteiger partial charge in [-0.05, 0) is 21.1 Å². The van der Waals surface area contributed by atoms with Gasteiger partial charge in [0.2, 0.25) is 0 Å². The van der Waals surface area contributed by atoms with E-state index in [2.05, 4.69) is 35.8 Å². The van der Waals surface area contributed by atoms with Crippen molar-refractivity contribution in [3.63, 3.8) is 0 Å². The van der Waals surface area contributed by atoms with Gasteiger partial charge < -0.3 is 28.9 Å². The molecule has 21 heavy (non-hydrogen) atoms. The van der Waals surface area contributed by atoms with E-state index in [9.17, 15) is 0 Å². The molecule has 0 N–H and O–H groups in total. The van der Waals surface area contributed by atoms with Crippen molar-refractivity contribution in [1.29, 1.82) is 0 Å². The van der Waals surface area contributed by atoms with Crippen LogP contribution in [0.2, 0.25) is 0 Å². The Kier molecular flexibility index (Phi) is 11.0. The molecule has 0 bridgehead atoms. The molecule has 0 spiro atoms. The first-order chi connectivity index (χ1) is 10.2. The Morgan fingerprint density at radius 3 is 0.714 bits per heavy atom.